The van der Waals surface area contributed by atoms with E-state index in [0.717, 1.165) is 67.5 Å². The van der Waals surface area contributed by atoms with Gasteiger partial charge in [0.25, 0.3) is 0 Å². The van der Waals surface area contributed by atoms with Gasteiger partial charge in [-0.25, -0.2) is 0 Å². The largest absolute Gasteiger partial charge is 0.393 e. The van der Waals surface area contributed by atoms with Crippen molar-refractivity contribution in [1.82, 2.24) is 0 Å². The van der Waals surface area contributed by atoms with Crippen LogP contribution in [0.15, 0.2) is 0 Å². The fourth-order valence-electron chi connectivity index (χ4n) is 9.46. The second kappa shape index (κ2) is 11.8. The van der Waals surface area contributed by atoms with Crippen molar-refractivity contribution >= 4 is 0 Å². The van der Waals surface area contributed by atoms with Crippen LogP contribution in [-0.4, -0.2) is 24.4 Å². The topological polar surface area (TPSA) is 29.5 Å². The molecule has 194 valence electrons. The third-order valence-electron chi connectivity index (χ3n) is 11.2. The van der Waals surface area contributed by atoms with Gasteiger partial charge in [-0.2, -0.15) is 0 Å². The zero-order valence-electron chi connectivity index (χ0n) is 23.4. The van der Waals surface area contributed by atoms with Crippen molar-refractivity contribution in [1.29, 1.82) is 0 Å². The molecule has 4 fully saturated rings. The van der Waals surface area contributed by atoms with E-state index in [1.807, 2.05) is 13.8 Å². The third kappa shape index (κ3) is 5.84. The third-order valence-corrected chi connectivity index (χ3v) is 11.2. The molecule has 0 aromatic heterocycles. The summed E-state index contributed by atoms with van der Waals surface area (Å²) >= 11 is 0. The summed E-state index contributed by atoms with van der Waals surface area (Å²) in [6.45, 7) is 18.3. The number of ether oxygens (including phenoxy) is 1. The molecule has 4 aliphatic carbocycles. The van der Waals surface area contributed by atoms with Gasteiger partial charge in [0.15, 0.2) is 0 Å². The van der Waals surface area contributed by atoms with E-state index in [4.69, 9.17) is 4.74 Å². The minimum Gasteiger partial charge on any atom is -0.393 e. The van der Waals surface area contributed by atoms with E-state index in [-0.39, 0.29) is 6.10 Å². The normalized spacial score (nSPS) is 43.2. The van der Waals surface area contributed by atoms with Gasteiger partial charge >= 0.3 is 0 Å². The van der Waals surface area contributed by atoms with Crippen LogP contribution in [0.4, 0.5) is 0 Å². The zero-order chi connectivity index (χ0) is 24.2. The number of hydrogen-bond donors (Lipinski definition) is 1. The molecule has 0 unspecified atom stereocenters. The number of hydrogen-bond acceptors (Lipinski definition) is 2. The van der Waals surface area contributed by atoms with Crippen molar-refractivity contribution in [2.45, 2.75) is 132 Å². The number of aliphatic hydroxyl groups excluding tert-OH is 1. The van der Waals surface area contributed by atoms with E-state index in [2.05, 4.69) is 34.6 Å². The van der Waals surface area contributed by atoms with Gasteiger partial charge in [-0.05, 0) is 124 Å². The van der Waals surface area contributed by atoms with Crippen molar-refractivity contribution in [3.63, 3.8) is 0 Å². The molecule has 0 bridgehead atoms. The van der Waals surface area contributed by atoms with Gasteiger partial charge in [-0.3, -0.25) is 0 Å². The Balaban J connectivity index is 0.000000555. The smallest absolute Gasteiger partial charge is 0.0543 e. The highest BCUT2D eigenvalue weighted by atomic mass is 16.5. The van der Waals surface area contributed by atoms with Gasteiger partial charge in [-0.15, -0.1) is 0 Å². The van der Waals surface area contributed by atoms with Gasteiger partial charge < -0.3 is 9.84 Å². The quantitative estimate of drug-likeness (QED) is 0.411. The molecule has 0 aromatic rings. The lowest BCUT2D eigenvalue weighted by Gasteiger charge is -2.61. The van der Waals surface area contributed by atoms with Crippen LogP contribution in [0.5, 0.6) is 0 Å². The first-order valence-electron chi connectivity index (χ1n) is 14.9. The fraction of sp³-hybridized carbons (Fsp3) is 1.00. The van der Waals surface area contributed by atoms with E-state index >= 15 is 0 Å². The van der Waals surface area contributed by atoms with Crippen LogP contribution in [0.25, 0.3) is 0 Å². The summed E-state index contributed by atoms with van der Waals surface area (Å²) in [6.07, 6.45) is 16.6. The monoisotopic (exact) mass is 462 g/mol. The maximum atomic E-state index is 10.3. The standard InChI is InChI=1S/C27H48O.C4H10O/c1-18(2)7-6-8-19(3)23-11-12-24-22-10-9-20-17-21(28)13-15-26(20,4)25(22)14-16-27(23,24)5;1-3-5-4-2/h18-25,28H,6-17H2,1-5H3;3-4H2,1-2H3/t19-,20+,21+,22+,23-,24+,25+,26+,27-;/m1./s1. The van der Waals surface area contributed by atoms with E-state index in [1.165, 1.54) is 64.2 Å². The Kier molecular flexibility index (Phi) is 9.81. The fourth-order valence-corrected chi connectivity index (χ4v) is 9.46. The molecule has 0 amide bonds. The molecule has 0 saturated heterocycles. The molecule has 1 N–H and O–H groups in total. The Morgan fingerprint density at radius 2 is 1.48 bits per heavy atom. The molecule has 2 heteroatoms. The highest BCUT2D eigenvalue weighted by Crippen LogP contribution is 2.68. The molecule has 4 aliphatic rings. The molecule has 0 heterocycles. The highest BCUT2D eigenvalue weighted by molar-refractivity contribution is 5.09. The average Bonchev–Trinajstić information content (AvgIpc) is 3.12. The van der Waals surface area contributed by atoms with E-state index < -0.39 is 0 Å². The minimum atomic E-state index is -0.00830. The molecular weight excluding hydrogens is 404 g/mol. The maximum Gasteiger partial charge on any atom is 0.0543 e. The molecule has 4 rings (SSSR count). The van der Waals surface area contributed by atoms with Crippen LogP contribution in [-0.2, 0) is 4.74 Å². The first-order valence-corrected chi connectivity index (χ1v) is 14.9. The molecule has 2 nitrogen and oxygen atoms in total. The Morgan fingerprint density at radius 3 is 2.12 bits per heavy atom. The summed E-state index contributed by atoms with van der Waals surface area (Å²) in [5.41, 5.74) is 1.15. The molecule has 33 heavy (non-hydrogen) atoms. The lowest BCUT2D eigenvalue weighted by Crippen LogP contribution is -2.54. The van der Waals surface area contributed by atoms with E-state index in [1.54, 1.807) is 0 Å². The summed E-state index contributed by atoms with van der Waals surface area (Å²) < 4.78 is 4.83. The minimum absolute atomic E-state index is 0.00830. The summed E-state index contributed by atoms with van der Waals surface area (Å²) in [5, 5.41) is 10.3. The molecule has 0 radical (unpaired) electrons. The first-order chi connectivity index (χ1) is 15.7. The van der Waals surface area contributed by atoms with Crippen molar-refractivity contribution < 1.29 is 9.84 Å². The molecule has 4 saturated carbocycles. The van der Waals surface area contributed by atoms with E-state index in [9.17, 15) is 5.11 Å². The average molecular weight is 463 g/mol. The predicted octanol–water partition coefficient (Wildman–Crippen LogP) is 8.51. The van der Waals surface area contributed by atoms with Gasteiger partial charge in [0.05, 0.1) is 6.10 Å². The van der Waals surface area contributed by atoms with Crippen molar-refractivity contribution in [2.75, 3.05) is 13.2 Å². The van der Waals surface area contributed by atoms with Crippen molar-refractivity contribution in [3.8, 4) is 0 Å². The molecular formula is C31H58O2. The number of fused-ring (bicyclic) bond motifs is 5. The van der Waals surface area contributed by atoms with Gasteiger partial charge in [0, 0.05) is 13.2 Å². The summed E-state index contributed by atoms with van der Waals surface area (Å²) in [6, 6.07) is 0. The highest BCUT2D eigenvalue weighted by Gasteiger charge is 2.60. The Hall–Kier alpha value is -0.0800. The van der Waals surface area contributed by atoms with Gasteiger partial charge in [-0.1, -0.05) is 53.9 Å². The first kappa shape index (κ1) is 27.5. The molecule has 0 spiro atoms. The maximum absolute atomic E-state index is 10.3. The number of rotatable bonds is 7. The van der Waals surface area contributed by atoms with Crippen molar-refractivity contribution in [2.24, 2.45) is 52.3 Å². The summed E-state index contributed by atoms with van der Waals surface area (Å²) in [5.74, 6) is 6.49. The molecule has 9 atom stereocenters. The van der Waals surface area contributed by atoms with Crippen molar-refractivity contribution in [3.05, 3.63) is 0 Å². The Morgan fingerprint density at radius 1 is 0.818 bits per heavy atom. The van der Waals surface area contributed by atoms with Crippen LogP contribution >= 0.6 is 0 Å². The van der Waals surface area contributed by atoms with Gasteiger partial charge in [0.1, 0.15) is 0 Å². The summed E-state index contributed by atoms with van der Waals surface area (Å²) in [4.78, 5) is 0. The number of aliphatic hydroxyl groups is 1. The second-order valence-corrected chi connectivity index (χ2v) is 13.4. The Labute approximate surface area is 207 Å². The van der Waals surface area contributed by atoms with Crippen LogP contribution in [0.2, 0.25) is 0 Å². The second-order valence-electron chi connectivity index (χ2n) is 13.4. The van der Waals surface area contributed by atoms with Crippen LogP contribution in [0.3, 0.4) is 0 Å². The molecule has 0 aliphatic heterocycles. The van der Waals surface area contributed by atoms with Crippen LogP contribution in [0.1, 0.15) is 126 Å². The van der Waals surface area contributed by atoms with E-state index in [0.29, 0.717) is 10.8 Å². The lowest BCUT2D eigenvalue weighted by atomic mass is 9.44. The van der Waals surface area contributed by atoms with Crippen LogP contribution in [0, 0.1) is 52.3 Å². The predicted molar refractivity (Wildman–Crippen MR) is 141 cm³/mol. The summed E-state index contributed by atoms with van der Waals surface area (Å²) in [7, 11) is 0. The molecule has 0 aromatic carbocycles. The van der Waals surface area contributed by atoms with Gasteiger partial charge in [0.2, 0.25) is 0 Å². The lowest BCUT2D eigenvalue weighted by molar-refractivity contribution is -0.129. The SMILES string of the molecule is CC(C)CCC[C@@H](C)[C@H]1CC[C@H]2[C@@H]3CC[C@H]4C[C@@H](O)CC[C@]4(C)[C@H]3CC[C@]12C.CCOCC. The van der Waals surface area contributed by atoms with Crippen LogP contribution < -0.4 is 0 Å². The Bertz CT molecular complexity index is 585. The zero-order valence-corrected chi connectivity index (χ0v) is 23.4.